The number of cyclic esters (lactones) is 1. The van der Waals surface area contributed by atoms with Crippen LogP contribution >= 0.6 is 11.8 Å². The van der Waals surface area contributed by atoms with Gasteiger partial charge in [0.2, 0.25) is 0 Å². The molecule has 12 nitrogen and oxygen atoms in total. The summed E-state index contributed by atoms with van der Waals surface area (Å²) in [4.78, 5) is 35.2. The summed E-state index contributed by atoms with van der Waals surface area (Å²) in [6.45, 7) is 1.45. The van der Waals surface area contributed by atoms with Gasteiger partial charge in [-0.05, 0) is 49.5 Å². The number of hydrogen-bond acceptors (Lipinski definition) is 12. The number of carbonyl (C=O) groups is 3. The summed E-state index contributed by atoms with van der Waals surface area (Å²) in [5.74, 6) is -3.90. The van der Waals surface area contributed by atoms with Gasteiger partial charge in [-0.2, -0.15) is 0 Å². The van der Waals surface area contributed by atoms with E-state index in [1.165, 1.54) is 6.08 Å². The first-order chi connectivity index (χ1) is 19.2. The van der Waals surface area contributed by atoms with Gasteiger partial charge in [-0.1, -0.05) is 6.92 Å². The first-order valence-electron chi connectivity index (χ1n) is 14.3. The van der Waals surface area contributed by atoms with Crippen LogP contribution in [0.3, 0.4) is 0 Å². The molecule has 0 aromatic carbocycles. The van der Waals surface area contributed by atoms with Crippen LogP contribution < -0.4 is 5.73 Å². The molecule has 1 heterocycles. The topological polar surface area (TPSA) is 217 Å². The Hall–Kier alpha value is -1.09. The number of rotatable bonds is 8. The maximum atomic E-state index is 12.5. The Labute approximate surface area is 261 Å². The average Bonchev–Trinajstić information content (AvgIpc) is 3.43. The maximum absolute atomic E-state index is 12.5. The number of esters is 2. The van der Waals surface area contributed by atoms with Crippen LogP contribution in [0.25, 0.3) is 0 Å². The van der Waals surface area contributed by atoms with Gasteiger partial charge in [0.05, 0.1) is 41.2 Å². The predicted molar refractivity (Wildman–Crippen MR) is 144 cm³/mol. The molecule has 1 aliphatic heterocycles. The van der Waals surface area contributed by atoms with Crippen molar-refractivity contribution >= 4 is 29.7 Å². The molecule has 5 rings (SSSR count). The molecule has 1 radical (unpaired) electrons. The van der Waals surface area contributed by atoms with Crippen molar-refractivity contribution in [3.05, 3.63) is 11.6 Å². The summed E-state index contributed by atoms with van der Waals surface area (Å²) >= 11 is 1.01. The molecular formula is C28H41NO11STc. The zero-order valence-corrected chi connectivity index (χ0v) is 26.2. The Morgan fingerprint density at radius 1 is 1.21 bits per heavy atom. The van der Waals surface area contributed by atoms with E-state index in [1.54, 1.807) is 0 Å². The molecule has 0 saturated heterocycles. The van der Waals surface area contributed by atoms with Crippen molar-refractivity contribution in [2.75, 3.05) is 24.7 Å². The van der Waals surface area contributed by atoms with Gasteiger partial charge in [-0.15, -0.1) is 11.8 Å². The zero-order valence-electron chi connectivity index (χ0n) is 23.5. The number of fused-ring (bicyclic) bond motifs is 5. The number of ether oxygens (including phenoxy) is 2. The van der Waals surface area contributed by atoms with E-state index in [2.05, 4.69) is 0 Å². The number of hydrogen-bond donors (Lipinski definition) is 7. The van der Waals surface area contributed by atoms with Crippen LogP contribution in [0.2, 0.25) is 0 Å². The number of aliphatic hydroxyl groups excluding tert-OH is 3. The molecule has 4 fully saturated rings. The maximum Gasteiger partial charge on any atom is 0.331 e. The van der Waals surface area contributed by atoms with Crippen molar-refractivity contribution in [1.29, 1.82) is 0 Å². The number of carbonyl (C=O) groups excluding carboxylic acids is 2. The molecule has 42 heavy (non-hydrogen) atoms. The van der Waals surface area contributed by atoms with Crippen LogP contribution in [0.4, 0.5) is 0 Å². The summed E-state index contributed by atoms with van der Waals surface area (Å²) in [6, 6.07) is -1.12. The summed E-state index contributed by atoms with van der Waals surface area (Å²) < 4.78 is 10.7. The molecule has 4 saturated carbocycles. The smallest absolute Gasteiger partial charge is 0.331 e. The standard InChI is InChI=1S/C28H41NO11S.Tc/c1-25-9-19(31)23-17(28(25,38)5-3-16(25)14-6-21(33)39-10-14)2-4-26(37)8-15(7-20(32)27(23,26)13-30)40-22(34)12-41-11-18(29)24(35)36;/h6,15-20,23,30-32,37-38H,2-5,7-13,29H2,1H3,(H,35,36);/t15-,16+,17?,18?,19+,20+,23?,25+,26-,27+,28-;/m0./s1/i;1+1. The Kier molecular flexibility index (Phi) is 9.67. The number of carboxylic acids is 1. The Morgan fingerprint density at radius 2 is 1.93 bits per heavy atom. The number of nitrogens with two attached hydrogens (primary N) is 1. The summed E-state index contributed by atoms with van der Waals surface area (Å²) in [5.41, 5.74) is 0.981. The Morgan fingerprint density at radius 3 is 2.55 bits per heavy atom. The summed E-state index contributed by atoms with van der Waals surface area (Å²) in [7, 11) is 0. The van der Waals surface area contributed by atoms with Crippen LogP contribution in [0.1, 0.15) is 51.9 Å². The van der Waals surface area contributed by atoms with Gasteiger partial charge >= 0.3 is 17.9 Å². The van der Waals surface area contributed by atoms with E-state index in [-0.39, 0.29) is 69.8 Å². The SMILES string of the molecule is C[C@]12C[C@@H](O)C3C(CC[C@]4(O)C[C@@H](OC(=O)CSCC(N)C(=O)O)C[C@@H](O)[C@]34CO)[C@@]1(O)CC[C@@H]2C1=CC(=O)OC1.[99Tc]. The van der Waals surface area contributed by atoms with Gasteiger partial charge in [0.1, 0.15) is 18.8 Å². The second kappa shape index (κ2) is 12.0. The quantitative estimate of drug-likeness (QED) is 0.157. The fraction of sp³-hybridized carbons (Fsp3) is 0.821. The Bertz CT molecular complexity index is 1130. The average molecular weight is 699 g/mol. The van der Waals surface area contributed by atoms with Crippen LogP contribution in [0, 0.1) is 28.6 Å². The van der Waals surface area contributed by atoms with Gasteiger partial charge in [0.25, 0.3) is 0 Å². The normalized spacial score (nSPS) is 44.9. The second-order valence-electron chi connectivity index (χ2n) is 13.0. The molecule has 5 aliphatic rings. The van der Waals surface area contributed by atoms with Gasteiger partial charge in [-0.25, -0.2) is 4.79 Å². The molecule has 237 valence electrons. The van der Waals surface area contributed by atoms with E-state index in [1.807, 2.05) is 6.92 Å². The first-order valence-corrected chi connectivity index (χ1v) is 15.4. The Balaban J connectivity index is 0.00000405. The van der Waals surface area contributed by atoms with Crippen molar-refractivity contribution in [1.82, 2.24) is 0 Å². The summed E-state index contributed by atoms with van der Waals surface area (Å²) in [5, 5.41) is 67.4. The van der Waals surface area contributed by atoms with Gasteiger partial charge in [0, 0.05) is 56.1 Å². The molecular weight excluding hydrogens is 657 g/mol. The van der Waals surface area contributed by atoms with E-state index >= 15 is 0 Å². The van der Waals surface area contributed by atoms with Crippen molar-refractivity contribution in [2.24, 2.45) is 34.3 Å². The van der Waals surface area contributed by atoms with Crippen LogP contribution in [0.15, 0.2) is 11.6 Å². The van der Waals surface area contributed by atoms with Gasteiger partial charge in [-0.3, -0.25) is 9.59 Å². The minimum Gasteiger partial charge on any atom is -0.480 e. The van der Waals surface area contributed by atoms with Crippen molar-refractivity contribution in [3.63, 3.8) is 0 Å². The van der Waals surface area contributed by atoms with E-state index in [0.717, 1.165) is 17.3 Å². The van der Waals surface area contributed by atoms with Crippen LogP contribution in [-0.4, -0.2) is 109 Å². The zero-order chi connectivity index (χ0) is 30.0. The van der Waals surface area contributed by atoms with Crippen molar-refractivity contribution in [3.8, 4) is 0 Å². The second-order valence-corrected chi connectivity index (χ2v) is 14.0. The fourth-order valence-corrected chi connectivity index (χ4v) is 10.1. The molecule has 4 aliphatic carbocycles. The summed E-state index contributed by atoms with van der Waals surface area (Å²) in [6.07, 6.45) is -0.328. The molecule has 0 aromatic heterocycles. The molecule has 0 aromatic rings. The van der Waals surface area contributed by atoms with Crippen molar-refractivity contribution in [2.45, 2.75) is 87.4 Å². The molecule has 8 N–H and O–H groups in total. The molecule has 11 atom stereocenters. The molecule has 3 unspecified atom stereocenters. The molecule has 0 amide bonds. The third kappa shape index (κ3) is 5.08. The number of aliphatic carboxylic acids is 1. The molecule has 14 heteroatoms. The van der Waals surface area contributed by atoms with Crippen molar-refractivity contribution < 1.29 is 74.6 Å². The minimum atomic E-state index is -1.68. The van der Waals surface area contributed by atoms with E-state index in [0.29, 0.717) is 19.3 Å². The van der Waals surface area contributed by atoms with E-state index in [9.17, 15) is 39.9 Å². The number of aliphatic hydroxyl groups is 5. The third-order valence-electron chi connectivity index (χ3n) is 11.2. The monoisotopic (exact) mass is 698 g/mol. The van der Waals surface area contributed by atoms with Gasteiger partial charge < -0.3 is 45.8 Å². The van der Waals surface area contributed by atoms with Crippen LogP contribution in [0.5, 0.6) is 0 Å². The van der Waals surface area contributed by atoms with Gasteiger partial charge in [0.15, 0.2) is 0 Å². The van der Waals surface area contributed by atoms with E-state index < -0.39 is 82.7 Å². The largest absolute Gasteiger partial charge is 0.480 e. The minimum absolute atomic E-state index is 0. The number of carboxylic acid groups (broad SMARTS) is 1. The first kappa shape index (κ1) is 33.8. The molecule has 0 bridgehead atoms. The molecule has 0 spiro atoms. The predicted octanol–water partition coefficient (Wildman–Crippen LogP) is -0.673. The fourth-order valence-electron chi connectivity index (χ4n) is 9.32. The van der Waals surface area contributed by atoms with Crippen LogP contribution in [-0.2, 0) is 44.0 Å². The third-order valence-corrected chi connectivity index (χ3v) is 12.2. The van der Waals surface area contributed by atoms with E-state index in [4.69, 9.17) is 20.3 Å². The number of thioether (sulfide) groups is 1.